The predicted octanol–water partition coefficient (Wildman–Crippen LogP) is 3.89. The van der Waals surface area contributed by atoms with E-state index in [0.29, 0.717) is 29.8 Å². The fourth-order valence-corrected chi connectivity index (χ4v) is 3.52. The van der Waals surface area contributed by atoms with Crippen molar-refractivity contribution < 1.29 is 22.7 Å². The first-order chi connectivity index (χ1) is 13.9. The molecule has 29 heavy (non-hydrogen) atoms. The molecule has 1 aromatic carbocycles. The molecule has 0 spiro atoms. The van der Waals surface area contributed by atoms with Gasteiger partial charge in [0.25, 0.3) is 0 Å². The molecular formula is C21H18F3N3O2. The summed E-state index contributed by atoms with van der Waals surface area (Å²) in [6.07, 6.45) is -1.25. The minimum Gasteiger partial charge on any atom is -0.482 e. The molecule has 0 fully saturated rings. The van der Waals surface area contributed by atoms with E-state index < -0.39 is 12.8 Å². The van der Waals surface area contributed by atoms with Gasteiger partial charge >= 0.3 is 6.18 Å². The third-order valence-corrected chi connectivity index (χ3v) is 4.72. The van der Waals surface area contributed by atoms with Gasteiger partial charge in [0, 0.05) is 36.0 Å². The van der Waals surface area contributed by atoms with E-state index in [-0.39, 0.29) is 18.1 Å². The zero-order valence-corrected chi connectivity index (χ0v) is 15.3. The topological polar surface area (TPSA) is 67.0 Å². The van der Waals surface area contributed by atoms with Gasteiger partial charge in [0.15, 0.2) is 12.4 Å². The number of ketones is 1. The number of halogens is 3. The summed E-state index contributed by atoms with van der Waals surface area (Å²) in [5.41, 5.74) is 4.09. The van der Waals surface area contributed by atoms with Gasteiger partial charge in [-0.3, -0.25) is 9.78 Å². The largest absolute Gasteiger partial charge is 0.482 e. The van der Waals surface area contributed by atoms with E-state index in [1.54, 1.807) is 6.07 Å². The van der Waals surface area contributed by atoms with Gasteiger partial charge in [0.1, 0.15) is 5.75 Å². The summed E-state index contributed by atoms with van der Waals surface area (Å²) in [6.45, 7) is -0.715. The number of carbonyl (C=O) groups is 1. The number of H-pyrrole nitrogens is 1. The number of fused-ring (bicyclic) bond motifs is 1. The van der Waals surface area contributed by atoms with Crippen molar-refractivity contribution in [1.82, 2.24) is 15.3 Å². The lowest BCUT2D eigenvalue weighted by atomic mass is 9.94. The molecule has 0 saturated heterocycles. The second kappa shape index (κ2) is 7.71. The first-order valence-corrected chi connectivity index (χ1v) is 9.08. The van der Waals surface area contributed by atoms with Gasteiger partial charge in [-0.25, -0.2) is 0 Å². The maximum Gasteiger partial charge on any atom is 0.422 e. The van der Waals surface area contributed by atoms with Crippen molar-refractivity contribution in [1.29, 1.82) is 0 Å². The Bertz CT molecular complexity index is 1030. The van der Waals surface area contributed by atoms with Crippen LogP contribution in [0.4, 0.5) is 13.2 Å². The Hall–Kier alpha value is -3.13. The quantitative estimate of drug-likeness (QED) is 0.681. The van der Waals surface area contributed by atoms with Crippen LogP contribution in [0.3, 0.4) is 0 Å². The van der Waals surface area contributed by atoms with Crippen molar-refractivity contribution in [2.45, 2.75) is 19.1 Å². The van der Waals surface area contributed by atoms with E-state index in [0.717, 1.165) is 16.8 Å². The molecule has 0 amide bonds. The van der Waals surface area contributed by atoms with Gasteiger partial charge in [-0.1, -0.05) is 30.3 Å². The highest BCUT2D eigenvalue weighted by Gasteiger charge is 2.30. The highest BCUT2D eigenvalue weighted by Crippen LogP contribution is 2.37. The molecule has 3 heterocycles. The summed E-state index contributed by atoms with van der Waals surface area (Å²) >= 11 is 0. The van der Waals surface area contributed by atoms with Crippen LogP contribution in [0.2, 0.25) is 0 Å². The van der Waals surface area contributed by atoms with Crippen molar-refractivity contribution >= 4 is 5.78 Å². The zero-order valence-electron chi connectivity index (χ0n) is 15.3. The molecule has 2 aromatic heterocycles. The normalized spacial score (nSPS) is 14.0. The Kier molecular flexibility index (Phi) is 5.10. The molecule has 0 saturated carbocycles. The number of aromatic amines is 1. The number of hydrogen-bond donors (Lipinski definition) is 2. The van der Waals surface area contributed by atoms with E-state index >= 15 is 0 Å². The predicted molar refractivity (Wildman–Crippen MR) is 101 cm³/mol. The van der Waals surface area contributed by atoms with E-state index in [9.17, 15) is 18.0 Å². The number of rotatable bonds is 5. The number of hydrogen-bond acceptors (Lipinski definition) is 4. The molecule has 0 aliphatic carbocycles. The number of aromatic nitrogens is 2. The molecule has 1 aliphatic heterocycles. The minimum absolute atomic E-state index is 0.0122. The van der Waals surface area contributed by atoms with Crippen LogP contribution in [0.1, 0.15) is 27.2 Å². The maximum atomic E-state index is 12.7. The summed E-state index contributed by atoms with van der Waals surface area (Å²) in [5.74, 6) is -0.0374. The van der Waals surface area contributed by atoms with Crippen molar-refractivity contribution in [3.8, 4) is 17.0 Å². The molecule has 4 rings (SSSR count). The Labute approximate surface area is 164 Å². The van der Waals surface area contributed by atoms with Crippen LogP contribution in [0, 0.1) is 0 Å². The molecule has 0 radical (unpaired) electrons. The third-order valence-electron chi connectivity index (χ3n) is 4.72. The lowest BCUT2D eigenvalue weighted by Gasteiger charge is -2.14. The molecule has 2 N–H and O–H groups in total. The lowest BCUT2D eigenvalue weighted by Crippen LogP contribution is -2.29. The van der Waals surface area contributed by atoms with Gasteiger partial charge in [0.2, 0.25) is 0 Å². The molecular weight excluding hydrogens is 383 g/mol. The Balaban J connectivity index is 1.81. The Morgan fingerprint density at radius 2 is 1.90 bits per heavy atom. The molecule has 0 bridgehead atoms. The minimum atomic E-state index is -4.46. The number of ether oxygens (including phenoxy) is 1. The highest BCUT2D eigenvalue weighted by molar-refractivity contribution is 6.03. The number of nitrogens with one attached hydrogen (secondary N) is 2. The van der Waals surface area contributed by atoms with Gasteiger partial charge < -0.3 is 15.0 Å². The molecule has 150 valence electrons. The maximum absolute atomic E-state index is 12.7. The van der Waals surface area contributed by atoms with Gasteiger partial charge in [-0.15, -0.1) is 0 Å². The molecule has 8 heteroatoms. The number of alkyl halides is 3. The molecule has 5 nitrogen and oxygen atoms in total. The number of nitrogens with zero attached hydrogens (tertiary/aromatic N) is 1. The van der Waals surface area contributed by atoms with Crippen LogP contribution >= 0.6 is 0 Å². The summed E-state index contributed by atoms with van der Waals surface area (Å²) < 4.78 is 43.0. The first kappa shape index (κ1) is 19.2. The highest BCUT2D eigenvalue weighted by atomic mass is 19.4. The Morgan fingerprint density at radius 3 is 2.66 bits per heavy atom. The summed E-state index contributed by atoms with van der Waals surface area (Å²) in [4.78, 5) is 19.7. The smallest absolute Gasteiger partial charge is 0.422 e. The SMILES string of the molecule is O=C1CNCc2[nH]c(-c3ccncc3OCC(F)(F)F)c(Cc3ccccc3)c21. The van der Waals surface area contributed by atoms with E-state index in [2.05, 4.69) is 15.3 Å². The van der Waals surface area contributed by atoms with Crippen LogP contribution in [0.5, 0.6) is 5.75 Å². The van der Waals surface area contributed by atoms with Crippen molar-refractivity contribution in [2.24, 2.45) is 0 Å². The van der Waals surface area contributed by atoms with Crippen LogP contribution in [0.15, 0.2) is 48.8 Å². The van der Waals surface area contributed by atoms with Gasteiger partial charge in [-0.05, 0) is 17.2 Å². The van der Waals surface area contributed by atoms with Crippen LogP contribution < -0.4 is 10.1 Å². The molecule has 1 aliphatic rings. The number of Topliss-reactive ketones (excluding diaryl/α,β-unsaturated/α-hetero) is 1. The van der Waals surface area contributed by atoms with Gasteiger partial charge in [0.05, 0.1) is 18.4 Å². The van der Waals surface area contributed by atoms with Crippen molar-refractivity contribution in [3.63, 3.8) is 0 Å². The summed E-state index contributed by atoms with van der Waals surface area (Å²) in [7, 11) is 0. The first-order valence-electron chi connectivity index (χ1n) is 9.08. The van der Waals surface area contributed by atoms with Crippen molar-refractivity contribution in [2.75, 3.05) is 13.2 Å². The summed E-state index contributed by atoms with van der Waals surface area (Å²) in [6, 6.07) is 11.2. The molecule has 0 unspecified atom stereocenters. The number of pyridine rings is 1. The molecule has 0 atom stereocenters. The zero-order chi connectivity index (χ0) is 20.4. The second-order valence-electron chi connectivity index (χ2n) is 6.80. The fourth-order valence-electron chi connectivity index (χ4n) is 3.52. The van der Waals surface area contributed by atoms with Crippen molar-refractivity contribution in [3.05, 3.63) is 71.2 Å². The number of carbonyl (C=O) groups excluding carboxylic acids is 1. The second-order valence-corrected chi connectivity index (χ2v) is 6.80. The Morgan fingerprint density at radius 1 is 1.10 bits per heavy atom. The summed E-state index contributed by atoms with van der Waals surface area (Å²) in [5, 5.41) is 3.03. The average Bonchev–Trinajstić information content (AvgIpc) is 3.06. The number of benzene rings is 1. The van der Waals surface area contributed by atoms with E-state index in [1.807, 2.05) is 30.3 Å². The monoisotopic (exact) mass is 401 g/mol. The van der Waals surface area contributed by atoms with Crippen LogP contribution in [-0.4, -0.2) is 35.1 Å². The molecule has 3 aromatic rings. The van der Waals surface area contributed by atoms with Gasteiger partial charge in [-0.2, -0.15) is 13.2 Å². The van der Waals surface area contributed by atoms with Crippen LogP contribution in [-0.2, 0) is 13.0 Å². The van der Waals surface area contributed by atoms with E-state index in [1.165, 1.54) is 12.4 Å². The standard InChI is InChI=1S/C21H18F3N3O2/c22-21(23,24)12-29-18-11-25-7-6-14(18)20-15(8-13-4-2-1-3-5-13)19-16(27-20)9-26-10-17(19)28/h1-7,11,26-27H,8-10,12H2. The third kappa shape index (κ3) is 4.17. The van der Waals surface area contributed by atoms with Crippen LogP contribution in [0.25, 0.3) is 11.3 Å². The fraction of sp³-hybridized carbons (Fsp3) is 0.238. The van der Waals surface area contributed by atoms with E-state index in [4.69, 9.17) is 4.74 Å². The average molecular weight is 401 g/mol. The lowest BCUT2D eigenvalue weighted by molar-refractivity contribution is -0.153.